The van der Waals surface area contributed by atoms with Crippen LogP contribution in [0.4, 0.5) is 0 Å². The molecule has 0 radical (unpaired) electrons. The first-order chi connectivity index (χ1) is 9.87. The van der Waals surface area contributed by atoms with Crippen LogP contribution in [0.3, 0.4) is 0 Å². The van der Waals surface area contributed by atoms with Gasteiger partial charge in [-0.05, 0) is 25.7 Å². The van der Waals surface area contributed by atoms with Crippen LogP contribution in [0.2, 0.25) is 0 Å². The molecule has 0 aromatic carbocycles. The van der Waals surface area contributed by atoms with E-state index in [-0.39, 0.29) is 24.0 Å². The monoisotopic (exact) mass is 293 g/mol. The van der Waals surface area contributed by atoms with Crippen molar-refractivity contribution in [2.75, 3.05) is 6.61 Å². The molecule has 0 spiro atoms. The number of rotatable bonds is 5. The Kier molecular flexibility index (Phi) is 4.71. The minimum Gasteiger partial charge on any atom is -0.396 e. The third-order valence-corrected chi connectivity index (χ3v) is 4.63. The van der Waals surface area contributed by atoms with Crippen molar-refractivity contribution in [3.8, 4) is 0 Å². The number of nitrogens with one attached hydrogen (secondary N) is 1. The Morgan fingerprint density at radius 1 is 1.62 bits per heavy atom. The normalized spacial score (nSPS) is 25.5. The summed E-state index contributed by atoms with van der Waals surface area (Å²) in [5.41, 5.74) is 1.35. The number of aromatic nitrogens is 2. The van der Waals surface area contributed by atoms with Gasteiger partial charge in [-0.1, -0.05) is 27.2 Å². The van der Waals surface area contributed by atoms with E-state index in [2.05, 4.69) is 24.3 Å². The summed E-state index contributed by atoms with van der Waals surface area (Å²) in [6, 6.07) is 0.0443. The molecule has 0 bridgehead atoms. The molecule has 2 atom stereocenters. The number of carbonyl (C=O) groups is 1. The van der Waals surface area contributed by atoms with Gasteiger partial charge in [0, 0.05) is 23.7 Å². The molecule has 2 N–H and O–H groups in total. The smallest absolute Gasteiger partial charge is 0.254 e. The van der Waals surface area contributed by atoms with Crippen LogP contribution in [-0.2, 0) is 6.54 Å². The lowest BCUT2D eigenvalue weighted by Gasteiger charge is -2.30. The first-order valence-electron chi connectivity index (χ1n) is 7.81. The maximum atomic E-state index is 12.5. The van der Waals surface area contributed by atoms with Crippen LogP contribution in [-0.4, -0.2) is 33.4 Å². The van der Waals surface area contributed by atoms with Gasteiger partial charge in [0.15, 0.2) is 0 Å². The number of aliphatic hydroxyl groups excluding tert-OH is 1. The second-order valence-corrected chi connectivity index (χ2v) is 6.95. The fourth-order valence-electron chi connectivity index (χ4n) is 3.10. The molecule has 1 aliphatic carbocycles. The molecule has 1 heterocycles. The summed E-state index contributed by atoms with van der Waals surface area (Å²) >= 11 is 0. The fraction of sp³-hybridized carbons (Fsp3) is 0.750. The largest absolute Gasteiger partial charge is 0.396 e. The summed E-state index contributed by atoms with van der Waals surface area (Å²) in [5.74, 6) is 0.418. The molecule has 2 rings (SSSR count). The number of hydrogen-bond acceptors (Lipinski definition) is 3. The third-order valence-electron chi connectivity index (χ3n) is 4.63. The summed E-state index contributed by atoms with van der Waals surface area (Å²) in [7, 11) is 0. The number of amides is 1. The Morgan fingerprint density at radius 3 is 2.95 bits per heavy atom. The summed E-state index contributed by atoms with van der Waals surface area (Å²) in [5, 5.41) is 17.0. The SMILES string of the molecule is Cc1c(C(=O)NC2CCCC2(C)CO)cnn1CC(C)C. The van der Waals surface area contributed by atoms with Gasteiger partial charge < -0.3 is 10.4 Å². The van der Waals surface area contributed by atoms with Crippen molar-refractivity contribution >= 4 is 5.91 Å². The average Bonchev–Trinajstić information content (AvgIpc) is 2.95. The summed E-state index contributed by atoms with van der Waals surface area (Å²) in [6.45, 7) is 9.17. The minimum atomic E-state index is -0.197. The second-order valence-electron chi connectivity index (χ2n) is 6.95. The molecule has 5 nitrogen and oxygen atoms in total. The minimum absolute atomic E-state index is 0.0443. The standard InChI is InChI=1S/C16H27N3O2/c1-11(2)9-19-12(3)13(8-17-19)15(21)18-14-6-5-7-16(14,4)10-20/h8,11,14,20H,5-7,9-10H2,1-4H3,(H,18,21). The topological polar surface area (TPSA) is 67.2 Å². The van der Waals surface area contributed by atoms with Gasteiger partial charge in [-0.15, -0.1) is 0 Å². The van der Waals surface area contributed by atoms with E-state index in [1.165, 1.54) is 0 Å². The molecule has 1 fully saturated rings. The van der Waals surface area contributed by atoms with Gasteiger partial charge in [-0.2, -0.15) is 5.10 Å². The van der Waals surface area contributed by atoms with Gasteiger partial charge in [0.1, 0.15) is 0 Å². The molecular formula is C16H27N3O2. The van der Waals surface area contributed by atoms with E-state index in [1.807, 2.05) is 18.5 Å². The second kappa shape index (κ2) is 6.18. The third kappa shape index (κ3) is 3.28. The highest BCUT2D eigenvalue weighted by Gasteiger charge is 2.39. The lowest BCUT2D eigenvalue weighted by molar-refractivity contribution is 0.0830. The zero-order valence-corrected chi connectivity index (χ0v) is 13.5. The maximum absolute atomic E-state index is 12.5. The van der Waals surface area contributed by atoms with Gasteiger partial charge >= 0.3 is 0 Å². The van der Waals surface area contributed by atoms with Gasteiger partial charge in [0.2, 0.25) is 0 Å². The quantitative estimate of drug-likeness (QED) is 0.874. The Balaban J connectivity index is 2.09. The predicted octanol–water partition coefficient (Wildman–Crippen LogP) is 2.13. The molecule has 1 saturated carbocycles. The Morgan fingerprint density at radius 2 is 2.33 bits per heavy atom. The van der Waals surface area contributed by atoms with Crippen LogP contribution in [0.15, 0.2) is 6.20 Å². The zero-order valence-electron chi connectivity index (χ0n) is 13.5. The first-order valence-corrected chi connectivity index (χ1v) is 7.81. The first kappa shape index (κ1) is 16.0. The summed E-state index contributed by atoms with van der Waals surface area (Å²) in [6.07, 6.45) is 4.59. The molecular weight excluding hydrogens is 266 g/mol. The van der Waals surface area contributed by atoms with Crippen LogP contribution < -0.4 is 5.32 Å². The predicted molar refractivity (Wildman–Crippen MR) is 82.1 cm³/mol. The molecule has 118 valence electrons. The molecule has 1 amide bonds. The Labute approximate surface area is 126 Å². The van der Waals surface area contributed by atoms with Gasteiger partial charge in [0.05, 0.1) is 18.4 Å². The molecule has 1 aromatic heterocycles. The highest BCUT2D eigenvalue weighted by molar-refractivity contribution is 5.95. The van der Waals surface area contributed by atoms with Crippen molar-refractivity contribution in [1.82, 2.24) is 15.1 Å². The lowest BCUT2D eigenvalue weighted by atomic mass is 9.85. The van der Waals surface area contributed by atoms with E-state index in [0.29, 0.717) is 11.5 Å². The van der Waals surface area contributed by atoms with Crippen LogP contribution in [0, 0.1) is 18.3 Å². The van der Waals surface area contributed by atoms with Gasteiger partial charge in [-0.25, -0.2) is 0 Å². The van der Waals surface area contributed by atoms with Gasteiger partial charge in [-0.3, -0.25) is 9.48 Å². The highest BCUT2D eigenvalue weighted by Crippen LogP contribution is 2.37. The molecule has 2 unspecified atom stereocenters. The van der Waals surface area contributed by atoms with Crippen LogP contribution >= 0.6 is 0 Å². The molecule has 21 heavy (non-hydrogen) atoms. The van der Waals surface area contributed by atoms with E-state index in [4.69, 9.17) is 0 Å². The number of hydrogen-bond donors (Lipinski definition) is 2. The Bertz CT molecular complexity index is 510. The van der Waals surface area contributed by atoms with Crippen molar-refractivity contribution in [3.63, 3.8) is 0 Å². The zero-order chi connectivity index (χ0) is 15.6. The molecule has 0 aliphatic heterocycles. The van der Waals surface area contributed by atoms with E-state index in [9.17, 15) is 9.90 Å². The molecule has 0 saturated heterocycles. The van der Waals surface area contributed by atoms with E-state index >= 15 is 0 Å². The molecule has 5 heteroatoms. The van der Waals surface area contributed by atoms with Crippen molar-refractivity contribution in [1.29, 1.82) is 0 Å². The van der Waals surface area contributed by atoms with Crippen molar-refractivity contribution in [2.45, 2.75) is 59.5 Å². The maximum Gasteiger partial charge on any atom is 0.254 e. The number of nitrogens with zero attached hydrogens (tertiary/aromatic N) is 2. The Hall–Kier alpha value is -1.36. The van der Waals surface area contributed by atoms with Crippen molar-refractivity contribution in [2.24, 2.45) is 11.3 Å². The average molecular weight is 293 g/mol. The van der Waals surface area contributed by atoms with Gasteiger partial charge in [0.25, 0.3) is 5.91 Å². The number of aliphatic hydroxyl groups is 1. The summed E-state index contributed by atoms with van der Waals surface area (Å²) < 4.78 is 1.89. The van der Waals surface area contributed by atoms with E-state index < -0.39 is 0 Å². The number of carbonyl (C=O) groups excluding carboxylic acids is 1. The fourth-order valence-corrected chi connectivity index (χ4v) is 3.10. The van der Waals surface area contributed by atoms with Crippen LogP contribution in [0.25, 0.3) is 0 Å². The highest BCUT2D eigenvalue weighted by atomic mass is 16.3. The molecule has 1 aliphatic rings. The summed E-state index contributed by atoms with van der Waals surface area (Å²) in [4.78, 5) is 12.5. The van der Waals surface area contributed by atoms with E-state index in [0.717, 1.165) is 31.5 Å². The van der Waals surface area contributed by atoms with Crippen LogP contribution in [0.1, 0.15) is 56.1 Å². The van der Waals surface area contributed by atoms with E-state index in [1.54, 1.807) is 6.20 Å². The van der Waals surface area contributed by atoms with Crippen molar-refractivity contribution in [3.05, 3.63) is 17.5 Å². The lowest BCUT2D eigenvalue weighted by Crippen LogP contribution is -2.44. The van der Waals surface area contributed by atoms with Crippen LogP contribution in [0.5, 0.6) is 0 Å². The van der Waals surface area contributed by atoms with Crippen molar-refractivity contribution < 1.29 is 9.90 Å². The molecule has 1 aromatic rings.